The van der Waals surface area contributed by atoms with Crippen LogP contribution in [0.2, 0.25) is 0 Å². The zero-order valence-electron chi connectivity index (χ0n) is 11.1. The maximum Gasteiger partial charge on any atom is 0.305 e. The lowest BCUT2D eigenvalue weighted by atomic mass is 10.0. The molecule has 0 aromatic heterocycles. The van der Waals surface area contributed by atoms with Crippen LogP contribution in [0.5, 0.6) is 5.75 Å². The van der Waals surface area contributed by atoms with E-state index < -0.39 is 5.97 Å². The van der Waals surface area contributed by atoms with Gasteiger partial charge in [0.05, 0.1) is 6.42 Å². The number of aliphatic carboxylic acids is 1. The fourth-order valence-electron chi connectivity index (χ4n) is 2.39. The van der Waals surface area contributed by atoms with Crippen molar-refractivity contribution in [2.45, 2.75) is 19.3 Å². The number of carboxylic acids is 1. The van der Waals surface area contributed by atoms with Gasteiger partial charge in [-0.25, -0.2) is 0 Å². The Bertz CT molecular complexity index is 447. The minimum Gasteiger partial charge on any atom is -0.481 e. The molecule has 0 bridgehead atoms. The number of hydrogen-bond donors (Lipinski definition) is 1. The second kappa shape index (κ2) is 6.43. The molecule has 0 aliphatic carbocycles. The van der Waals surface area contributed by atoms with Crippen LogP contribution in [0.4, 0.5) is 5.69 Å². The highest BCUT2D eigenvalue weighted by atomic mass is 16.7. The van der Waals surface area contributed by atoms with Crippen LogP contribution >= 0.6 is 0 Å². The van der Waals surface area contributed by atoms with Crippen LogP contribution < -0.4 is 9.64 Å². The summed E-state index contributed by atoms with van der Waals surface area (Å²) in [6.07, 6.45) is 2.13. The average Bonchev–Trinajstić information content (AvgIpc) is 2.42. The molecule has 0 fully saturated rings. The number of nitrogens with zero attached hydrogens (tertiary/aromatic N) is 1. The van der Waals surface area contributed by atoms with Crippen molar-refractivity contribution in [3.05, 3.63) is 23.8 Å². The van der Waals surface area contributed by atoms with Gasteiger partial charge in [-0.2, -0.15) is 0 Å². The Labute approximate surface area is 112 Å². The molecular formula is C14H19NO4. The molecule has 2 rings (SSSR count). The summed E-state index contributed by atoms with van der Waals surface area (Å²) in [5.74, 6) is 0.0679. The van der Waals surface area contributed by atoms with Gasteiger partial charge in [0.1, 0.15) is 5.75 Å². The summed E-state index contributed by atoms with van der Waals surface area (Å²) in [6.45, 7) is 1.66. The molecule has 0 amide bonds. The Morgan fingerprint density at radius 1 is 1.47 bits per heavy atom. The Morgan fingerprint density at radius 2 is 2.32 bits per heavy atom. The number of benzene rings is 1. The van der Waals surface area contributed by atoms with Crippen molar-refractivity contribution in [2.75, 3.05) is 31.9 Å². The van der Waals surface area contributed by atoms with Crippen LogP contribution in [0, 0.1) is 0 Å². The third kappa shape index (κ3) is 3.38. The van der Waals surface area contributed by atoms with Gasteiger partial charge in [0, 0.05) is 31.5 Å². The Balaban J connectivity index is 2.16. The second-order valence-corrected chi connectivity index (χ2v) is 4.54. The van der Waals surface area contributed by atoms with Crippen molar-refractivity contribution in [2.24, 2.45) is 0 Å². The van der Waals surface area contributed by atoms with Crippen molar-refractivity contribution in [3.8, 4) is 5.75 Å². The van der Waals surface area contributed by atoms with Gasteiger partial charge in [-0.3, -0.25) is 4.79 Å². The fraction of sp³-hybridized carbons (Fsp3) is 0.500. The molecule has 1 N–H and O–H groups in total. The SMILES string of the molecule is COCOc1cccc2c1CCCN2CCC(=O)O. The summed E-state index contributed by atoms with van der Waals surface area (Å²) in [4.78, 5) is 12.8. The molecule has 0 atom stereocenters. The summed E-state index contributed by atoms with van der Waals surface area (Å²) >= 11 is 0. The Kier molecular flexibility index (Phi) is 4.63. The minimum atomic E-state index is -0.765. The van der Waals surface area contributed by atoms with E-state index in [1.807, 2.05) is 18.2 Å². The van der Waals surface area contributed by atoms with Gasteiger partial charge in [-0.05, 0) is 25.0 Å². The predicted molar refractivity (Wildman–Crippen MR) is 71.7 cm³/mol. The number of methoxy groups -OCH3 is 1. The molecule has 1 aliphatic heterocycles. The van der Waals surface area contributed by atoms with E-state index in [0.717, 1.165) is 36.4 Å². The topological polar surface area (TPSA) is 59.0 Å². The van der Waals surface area contributed by atoms with E-state index in [4.69, 9.17) is 14.6 Å². The number of anilines is 1. The number of ether oxygens (including phenoxy) is 2. The zero-order valence-corrected chi connectivity index (χ0v) is 11.1. The highest BCUT2D eigenvalue weighted by molar-refractivity contribution is 5.68. The van der Waals surface area contributed by atoms with Gasteiger partial charge in [0.2, 0.25) is 0 Å². The van der Waals surface area contributed by atoms with Crippen LogP contribution in [0.1, 0.15) is 18.4 Å². The maximum atomic E-state index is 10.7. The lowest BCUT2D eigenvalue weighted by molar-refractivity contribution is -0.136. The van der Waals surface area contributed by atoms with Crippen LogP contribution in [0.15, 0.2) is 18.2 Å². The van der Waals surface area contributed by atoms with Gasteiger partial charge in [0.15, 0.2) is 6.79 Å². The van der Waals surface area contributed by atoms with E-state index in [2.05, 4.69) is 4.90 Å². The third-order valence-corrected chi connectivity index (χ3v) is 3.23. The molecule has 19 heavy (non-hydrogen) atoms. The van der Waals surface area contributed by atoms with Crippen molar-refractivity contribution in [3.63, 3.8) is 0 Å². The van der Waals surface area contributed by atoms with Gasteiger partial charge in [-0.15, -0.1) is 0 Å². The van der Waals surface area contributed by atoms with Gasteiger partial charge in [-0.1, -0.05) is 6.07 Å². The summed E-state index contributed by atoms with van der Waals surface area (Å²) < 4.78 is 10.5. The summed E-state index contributed by atoms with van der Waals surface area (Å²) in [5, 5.41) is 8.79. The first-order valence-corrected chi connectivity index (χ1v) is 6.42. The van der Waals surface area contributed by atoms with E-state index >= 15 is 0 Å². The monoisotopic (exact) mass is 265 g/mol. The van der Waals surface area contributed by atoms with Gasteiger partial charge >= 0.3 is 5.97 Å². The molecule has 0 spiro atoms. The fourth-order valence-corrected chi connectivity index (χ4v) is 2.39. The molecule has 0 radical (unpaired) electrons. The molecule has 1 aromatic carbocycles. The first-order valence-electron chi connectivity index (χ1n) is 6.42. The molecule has 0 saturated heterocycles. The molecule has 0 saturated carbocycles. The number of carbonyl (C=O) groups is 1. The molecule has 0 unspecified atom stereocenters. The predicted octanol–water partition coefficient (Wildman–Crippen LogP) is 1.90. The van der Waals surface area contributed by atoms with Crippen molar-refractivity contribution >= 4 is 11.7 Å². The Hall–Kier alpha value is -1.75. The zero-order chi connectivity index (χ0) is 13.7. The molecular weight excluding hydrogens is 246 g/mol. The normalized spacial score (nSPS) is 14.1. The lowest BCUT2D eigenvalue weighted by Crippen LogP contribution is -2.31. The summed E-state index contributed by atoms with van der Waals surface area (Å²) in [7, 11) is 1.59. The number of rotatable bonds is 6. The van der Waals surface area contributed by atoms with Gasteiger partial charge in [0.25, 0.3) is 0 Å². The van der Waals surface area contributed by atoms with E-state index in [1.54, 1.807) is 7.11 Å². The third-order valence-electron chi connectivity index (χ3n) is 3.23. The second-order valence-electron chi connectivity index (χ2n) is 4.54. The summed E-state index contributed by atoms with van der Waals surface area (Å²) in [6, 6.07) is 5.89. The quantitative estimate of drug-likeness (QED) is 0.796. The summed E-state index contributed by atoms with van der Waals surface area (Å²) in [5.41, 5.74) is 2.23. The molecule has 104 valence electrons. The lowest BCUT2D eigenvalue weighted by Gasteiger charge is -2.31. The number of hydrogen-bond acceptors (Lipinski definition) is 4. The largest absolute Gasteiger partial charge is 0.481 e. The molecule has 1 heterocycles. The van der Waals surface area contributed by atoms with E-state index in [-0.39, 0.29) is 13.2 Å². The highest BCUT2D eigenvalue weighted by Crippen LogP contribution is 2.34. The van der Waals surface area contributed by atoms with E-state index in [1.165, 1.54) is 0 Å². The average molecular weight is 265 g/mol. The van der Waals surface area contributed by atoms with Crippen LogP contribution in [0.25, 0.3) is 0 Å². The van der Waals surface area contributed by atoms with Crippen LogP contribution in [-0.2, 0) is 16.0 Å². The maximum absolute atomic E-state index is 10.7. The van der Waals surface area contributed by atoms with Gasteiger partial charge < -0.3 is 19.5 Å². The molecule has 5 nitrogen and oxygen atoms in total. The van der Waals surface area contributed by atoms with Crippen molar-refractivity contribution in [1.29, 1.82) is 0 Å². The number of carboxylic acid groups (broad SMARTS) is 1. The first-order chi connectivity index (χ1) is 9.22. The number of fused-ring (bicyclic) bond motifs is 1. The van der Waals surface area contributed by atoms with E-state index in [9.17, 15) is 4.79 Å². The molecule has 1 aromatic rings. The molecule has 5 heteroatoms. The molecule has 1 aliphatic rings. The smallest absolute Gasteiger partial charge is 0.305 e. The first kappa shape index (κ1) is 13.7. The standard InChI is InChI=1S/C14H19NO4/c1-18-10-19-13-6-2-5-12-11(13)4-3-8-15(12)9-7-14(16)17/h2,5-6H,3-4,7-10H2,1H3,(H,16,17). The van der Waals surface area contributed by atoms with Crippen molar-refractivity contribution < 1.29 is 19.4 Å². The van der Waals surface area contributed by atoms with Crippen LogP contribution in [0.3, 0.4) is 0 Å². The Morgan fingerprint density at radius 3 is 3.05 bits per heavy atom. The minimum absolute atomic E-state index is 0.155. The highest BCUT2D eigenvalue weighted by Gasteiger charge is 2.20. The van der Waals surface area contributed by atoms with Crippen LogP contribution in [-0.4, -0.2) is 38.1 Å². The van der Waals surface area contributed by atoms with E-state index in [0.29, 0.717) is 6.54 Å². The van der Waals surface area contributed by atoms with Crippen molar-refractivity contribution in [1.82, 2.24) is 0 Å².